The Morgan fingerprint density at radius 2 is 1.94 bits per heavy atom. The summed E-state index contributed by atoms with van der Waals surface area (Å²) in [7, 11) is 0. The summed E-state index contributed by atoms with van der Waals surface area (Å²) in [5.74, 6) is 1.06. The molecule has 2 unspecified atom stereocenters. The van der Waals surface area contributed by atoms with Crippen molar-refractivity contribution in [3.63, 3.8) is 0 Å². The molecule has 0 bridgehead atoms. The van der Waals surface area contributed by atoms with E-state index in [2.05, 4.69) is 37.9 Å². The fourth-order valence-electron chi connectivity index (χ4n) is 2.84. The van der Waals surface area contributed by atoms with Crippen LogP contribution in [0.3, 0.4) is 0 Å². The zero-order valence-corrected chi connectivity index (χ0v) is 11.4. The van der Waals surface area contributed by atoms with Crippen molar-refractivity contribution in [2.45, 2.75) is 59.0 Å². The molecule has 0 aromatic rings. The van der Waals surface area contributed by atoms with Gasteiger partial charge in [-0.05, 0) is 31.2 Å². The van der Waals surface area contributed by atoms with Crippen molar-refractivity contribution < 1.29 is 0 Å². The van der Waals surface area contributed by atoms with Gasteiger partial charge in [-0.3, -0.25) is 4.90 Å². The van der Waals surface area contributed by atoms with Crippen LogP contribution in [0.5, 0.6) is 0 Å². The first-order chi connectivity index (χ1) is 7.47. The van der Waals surface area contributed by atoms with Crippen LogP contribution in [0, 0.1) is 11.3 Å². The Bertz CT molecular complexity index is 227. The molecule has 0 aromatic heterocycles. The highest BCUT2D eigenvalue weighted by Gasteiger charge is 2.34. The minimum Gasteiger partial charge on any atom is -0.311 e. The monoisotopic (exact) mass is 224 g/mol. The summed E-state index contributed by atoms with van der Waals surface area (Å²) in [5, 5.41) is 3.63. The van der Waals surface area contributed by atoms with Gasteiger partial charge in [0.2, 0.25) is 0 Å². The van der Waals surface area contributed by atoms with Crippen LogP contribution >= 0.6 is 0 Å². The quantitative estimate of drug-likeness (QED) is 0.792. The summed E-state index contributed by atoms with van der Waals surface area (Å²) >= 11 is 0. The molecular weight excluding hydrogens is 196 g/mol. The second-order valence-corrected chi connectivity index (χ2v) is 6.92. The highest BCUT2D eigenvalue weighted by Crippen LogP contribution is 2.34. The molecule has 1 heterocycles. The molecule has 1 aliphatic heterocycles. The number of nitrogens with one attached hydrogen (secondary N) is 1. The van der Waals surface area contributed by atoms with Gasteiger partial charge >= 0.3 is 0 Å². The lowest BCUT2D eigenvalue weighted by molar-refractivity contribution is 0.0569. The number of piperazine rings is 1. The van der Waals surface area contributed by atoms with Gasteiger partial charge in [0.25, 0.3) is 0 Å². The van der Waals surface area contributed by atoms with E-state index in [1.807, 2.05) is 0 Å². The maximum Gasteiger partial charge on any atom is 0.0269 e. The molecule has 2 fully saturated rings. The lowest BCUT2D eigenvalue weighted by atomic mass is 9.84. The lowest BCUT2D eigenvalue weighted by Gasteiger charge is -2.46. The average Bonchev–Trinajstić information content (AvgIpc) is 2.96. The topological polar surface area (TPSA) is 15.3 Å². The van der Waals surface area contributed by atoms with Crippen molar-refractivity contribution in [1.29, 1.82) is 0 Å². The summed E-state index contributed by atoms with van der Waals surface area (Å²) in [6.07, 6.45) is 4.41. The van der Waals surface area contributed by atoms with E-state index in [-0.39, 0.29) is 0 Å². The minimum atomic E-state index is 0.399. The highest BCUT2D eigenvalue weighted by molar-refractivity contribution is 4.91. The van der Waals surface area contributed by atoms with Crippen LogP contribution in [-0.2, 0) is 0 Å². The first-order valence-electron chi connectivity index (χ1n) is 6.94. The third kappa shape index (κ3) is 3.21. The molecule has 1 N–H and O–H groups in total. The summed E-state index contributed by atoms with van der Waals surface area (Å²) < 4.78 is 0. The van der Waals surface area contributed by atoms with Gasteiger partial charge in [0, 0.05) is 25.2 Å². The van der Waals surface area contributed by atoms with E-state index in [9.17, 15) is 0 Å². The van der Waals surface area contributed by atoms with Crippen LogP contribution < -0.4 is 5.32 Å². The Morgan fingerprint density at radius 3 is 2.50 bits per heavy atom. The maximum atomic E-state index is 3.63. The third-order valence-corrected chi connectivity index (χ3v) is 4.13. The van der Waals surface area contributed by atoms with E-state index in [4.69, 9.17) is 0 Å². The minimum absolute atomic E-state index is 0.399. The van der Waals surface area contributed by atoms with E-state index >= 15 is 0 Å². The summed E-state index contributed by atoms with van der Waals surface area (Å²) in [5.41, 5.74) is 0.399. The van der Waals surface area contributed by atoms with Crippen LogP contribution in [0.2, 0.25) is 0 Å². The largest absolute Gasteiger partial charge is 0.311 e. The van der Waals surface area contributed by atoms with Gasteiger partial charge in [-0.15, -0.1) is 0 Å². The maximum absolute atomic E-state index is 3.63. The molecule has 16 heavy (non-hydrogen) atoms. The fourth-order valence-corrected chi connectivity index (χ4v) is 2.84. The molecule has 2 rings (SSSR count). The average molecular weight is 224 g/mol. The molecule has 0 amide bonds. The van der Waals surface area contributed by atoms with Gasteiger partial charge in [0.05, 0.1) is 0 Å². The zero-order chi connectivity index (χ0) is 11.8. The number of hydrogen-bond acceptors (Lipinski definition) is 2. The van der Waals surface area contributed by atoms with Crippen LogP contribution in [0.4, 0.5) is 0 Å². The SMILES string of the molecule is CC1CN(CCC2CC2)C(C(C)(C)C)CN1. The van der Waals surface area contributed by atoms with Crippen molar-refractivity contribution in [2.75, 3.05) is 19.6 Å². The molecule has 2 nitrogen and oxygen atoms in total. The highest BCUT2D eigenvalue weighted by atomic mass is 15.2. The second-order valence-electron chi connectivity index (χ2n) is 6.92. The van der Waals surface area contributed by atoms with Crippen LogP contribution in [0.15, 0.2) is 0 Å². The third-order valence-electron chi connectivity index (χ3n) is 4.13. The van der Waals surface area contributed by atoms with Gasteiger partial charge in [0.15, 0.2) is 0 Å². The van der Waals surface area contributed by atoms with E-state index in [0.717, 1.165) is 12.5 Å². The number of hydrogen-bond donors (Lipinski definition) is 1. The van der Waals surface area contributed by atoms with Crippen LogP contribution in [0.25, 0.3) is 0 Å². The summed E-state index contributed by atoms with van der Waals surface area (Å²) in [4.78, 5) is 2.74. The van der Waals surface area contributed by atoms with Crippen molar-refractivity contribution in [2.24, 2.45) is 11.3 Å². The molecule has 0 radical (unpaired) electrons. The molecule has 1 saturated carbocycles. The predicted molar refractivity (Wildman–Crippen MR) is 69.6 cm³/mol. The van der Waals surface area contributed by atoms with Gasteiger partial charge in [-0.25, -0.2) is 0 Å². The molecule has 1 aliphatic carbocycles. The molecule has 2 atom stereocenters. The molecular formula is C14H28N2. The first kappa shape index (κ1) is 12.4. The second kappa shape index (κ2) is 4.66. The van der Waals surface area contributed by atoms with Gasteiger partial charge in [-0.2, -0.15) is 0 Å². The van der Waals surface area contributed by atoms with Crippen molar-refractivity contribution >= 4 is 0 Å². The molecule has 1 saturated heterocycles. The Morgan fingerprint density at radius 1 is 1.25 bits per heavy atom. The van der Waals surface area contributed by atoms with Crippen LogP contribution in [0.1, 0.15) is 47.0 Å². The van der Waals surface area contributed by atoms with Crippen LogP contribution in [-0.4, -0.2) is 36.6 Å². The van der Waals surface area contributed by atoms with E-state index in [1.165, 1.54) is 32.4 Å². The lowest BCUT2D eigenvalue weighted by Crippen LogP contribution is -2.59. The van der Waals surface area contributed by atoms with Gasteiger partial charge in [0.1, 0.15) is 0 Å². The normalized spacial score (nSPS) is 33.0. The Balaban J connectivity index is 1.91. The summed E-state index contributed by atoms with van der Waals surface area (Å²) in [6, 6.07) is 1.38. The molecule has 2 aliphatic rings. The molecule has 0 aromatic carbocycles. The number of rotatable bonds is 3. The van der Waals surface area contributed by atoms with E-state index in [0.29, 0.717) is 17.5 Å². The fraction of sp³-hybridized carbons (Fsp3) is 1.00. The Kier molecular flexibility index (Phi) is 3.60. The standard InChI is InChI=1S/C14H28N2/c1-11-10-16(8-7-12-5-6-12)13(9-15-11)14(2,3)4/h11-13,15H,5-10H2,1-4H3. The van der Waals surface area contributed by atoms with Crippen molar-refractivity contribution in [1.82, 2.24) is 10.2 Å². The molecule has 94 valence electrons. The van der Waals surface area contributed by atoms with Gasteiger partial charge < -0.3 is 5.32 Å². The smallest absolute Gasteiger partial charge is 0.0269 e. The predicted octanol–water partition coefficient (Wildman–Crippen LogP) is 2.49. The first-order valence-corrected chi connectivity index (χ1v) is 6.94. The van der Waals surface area contributed by atoms with Crippen molar-refractivity contribution in [3.05, 3.63) is 0 Å². The zero-order valence-electron chi connectivity index (χ0n) is 11.4. The Hall–Kier alpha value is -0.0800. The summed E-state index contributed by atoms with van der Waals surface area (Å²) in [6.45, 7) is 13.1. The molecule has 0 spiro atoms. The van der Waals surface area contributed by atoms with Gasteiger partial charge in [-0.1, -0.05) is 33.6 Å². The van der Waals surface area contributed by atoms with E-state index in [1.54, 1.807) is 0 Å². The molecule has 2 heteroatoms. The number of nitrogens with zero attached hydrogens (tertiary/aromatic N) is 1. The van der Waals surface area contributed by atoms with E-state index < -0.39 is 0 Å². The van der Waals surface area contributed by atoms with Crippen molar-refractivity contribution in [3.8, 4) is 0 Å². The Labute approximate surface area is 101 Å².